The molecule has 0 unspecified atom stereocenters. The highest BCUT2D eigenvalue weighted by Gasteiger charge is 2.34. The monoisotopic (exact) mass is 284 g/mol. The quantitative estimate of drug-likeness (QED) is 0.610. The van der Waals surface area contributed by atoms with Gasteiger partial charge in [-0.3, -0.25) is 0 Å². The molecule has 2 aliphatic rings. The molecule has 2 rings (SSSR count). The van der Waals surface area contributed by atoms with Gasteiger partial charge in [-0.25, -0.2) is 5.14 Å². The van der Waals surface area contributed by atoms with Gasteiger partial charge in [0.15, 0.2) is 0 Å². The average Bonchev–Trinajstić information content (AvgIpc) is 3.00. The van der Waals surface area contributed by atoms with Crippen LogP contribution in [-0.2, 0) is 20.4 Å². The Bertz CT molecular complexity index is 476. The third kappa shape index (κ3) is 3.36. The fourth-order valence-corrected chi connectivity index (χ4v) is 3.77. The minimum atomic E-state index is -3.71. The first-order valence-corrected chi connectivity index (χ1v) is 8.29. The summed E-state index contributed by atoms with van der Waals surface area (Å²) in [5.74, 6) is 0. The molecule has 0 amide bonds. The summed E-state index contributed by atoms with van der Waals surface area (Å²) in [6, 6.07) is 0.0521. The Morgan fingerprint density at radius 1 is 0.941 bits per heavy atom. The lowest BCUT2D eigenvalue weighted by Gasteiger charge is -2.32. The Morgan fingerprint density at radius 3 is 1.82 bits per heavy atom. The van der Waals surface area contributed by atoms with Crippen molar-refractivity contribution in [3.8, 4) is 0 Å². The molecule has 0 atom stereocenters. The average molecular weight is 284 g/mol. The SMILES string of the molecule is NS(=O)(=O)N1CCN(S(=O)(=O)NC2CC2)CC1. The summed E-state index contributed by atoms with van der Waals surface area (Å²) in [7, 11) is -7.18. The molecular weight excluding hydrogens is 268 g/mol. The highest BCUT2D eigenvalue weighted by molar-refractivity contribution is 7.87. The summed E-state index contributed by atoms with van der Waals surface area (Å²) in [5.41, 5.74) is 0. The van der Waals surface area contributed by atoms with Crippen LogP contribution in [0.15, 0.2) is 0 Å². The third-order valence-electron chi connectivity index (χ3n) is 2.79. The second kappa shape index (κ2) is 4.44. The molecule has 1 heterocycles. The van der Waals surface area contributed by atoms with E-state index >= 15 is 0 Å². The van der Waals surface area contributed by atoms with E-state index in [4.69, 9.17) is 5.14 Å². The van der Waals surface area contributed by atoms with E-state index in [1.165, 1.54) is 4.31 Å². The number of hydrogen-bond donors (Lipinski definition) is 2. The van der Waals surface area contributed by atoms with Gasteiger partial charge in [0.25, 0.3) is 20.4 Å². The smallest absolute Gasteiger partial charge is 0.216 e. The molecule has 0 radical (unpaired) electrons. The summed E-state index contributed by atoms with van der Waals surface area (Å²) in [4.78, 5) is 0. The molecule has 0 spiro atoms. The fourth-order valence-electron chi connectivity index (χ4n) is 1.65. The van der Waals surface area contributed by atoms with E-state index in [9.17, 15) is 16.8 Å². The van der Waals surface area contributed by atoms with Gasteiger partial charge in [-0.2, -0.15) is 30.2 Å². The molecule has 17 heavy (non-hydrogen) atoms. The van der Waals surface area contributed by atoms with Gasteiger partial charge in [0.1, 0.15) is 0 Å². The maximum atomic E-state index is 11.8. The van der Waals surface area contributed by atoms with E-state index in [1.807, 2.05) is 0 Å². The van der Waals surface area contributed by atoms with Gasteiger partial charge in [0.2, 0.25) is 0 Å². The van der Waals surface area contributed by atoms with Crippen LogP contribution < -0.4 is 9.86 Å². The molecule has 1 saturated heterocycles. The highest BCUT2D eigenvalue weighted by Crippen LogP contribution is 2.21. The van der Waals surface area contributed by atoms with Crippen molar-refractivity contribution in [2.75, 3.05) is 26.2 Å². The topological polar surface area (TPSA) is 113 Å². The van der Waals surface area contributed by atoms with Crippen molar-refractivity contribution in [2.45, 2.75) is 18.9 Å². The molecule has 1 saturated carbocycles. The van der Waals surface area contributed by atoms with Crippen molar-refractivity contribution in [2.24, 2.45) is 5.14 Å². The molecule has 0 aromatic carbocycles. The zero-order valence-electron chi connectivity index (χ0n) is 9.24. The predicted molar refractivity (Wildman–Crippen MR) is 61.3 cm³/mol. The van der Waals surface area contributed by atoms with Gasteiger partial charge in [0.05, 0.1) is 0 Å². The molecule has 100 valence electrons. The summed E-state index contributed by atoms with van der Waals surface area (Å²) >= 11 is 0. The lowest BCUT2D eigenvalue weighted by molar-refractivity contribution is 0.270. The van der Waals surface area contributed by atoms with Crippen LogP contribution in [0, 0.1) is 0 Å². The fraction of sp³-hybridized carbons (Fsp3) is 1.00. The van der Waals surface area contributed by atoms with E-state index in [-0.39, 0.29) is 32.2 Å². The van der Waals surface area contributed by atoms with Gasteiger partial charge in [0, 0.05) is 32.2 Å². The van der Waals surface area contributed by atoms with E-state index < -0.39 is 20.4 Å². The summed E-state index contributed by atoms with van der Waals surface area (Å²) in [6.45, 7) is 0.478. The predicted octanol–water partition coefficient (Wildman–Crippen LogP) is -2.20. The van der Waals surface area contributed by atoms with E-state index in [0.29, 0.717) is 0 Å². The van der Waals surface area contributed by atoms with E-state index in [1.54, 1.807) is 0 Å². The van der Waals surface area contributed by atoms with Crippen LogP contribution in [-0.4, -0.2) is 57.7 Å². The van der Waals surface area contributed by atoms with Gasteiger partial charge < -0.3 is 0 Å². The molecule has 0 aromatic rings. The van der Waals surface area contributed by atoms with Crippen molar-refractivity contribution in [3.63, 3.8) is 0 Å². The van der Waals surface area contributed by atoms with Crippen LogP contribution >= 0.6 is 0 Å². The molecule has 0 bridgehead atoms. The van der Waals surface area contributed by atoms with Crippen LogP contribution in [0.4, 0.5) is 0 Å². The molecule has 10 heteroatoms. The Labute approximate surface area is 101 Å². The first-order chi connectivity index (χ1) is 7.79. The number of hydrogen-bond acceptors (Lipinski definition) is 4. The first-order valence-electron chi connectivity index (χ1n) is 5.34. The van der Waals surface area contributed by atoms with E-state index in [2.05, 4.69) is 4.72 Å². The number of piperazine rings is 1. The zero-order valence-corrected chi connectivity index (χ0v) is 10.9. The Kier molecular flexibility index (Phi) is 3.45. The highest BCUT2D eigenvalue weighted by atomic mass is 32.2. The van der Waals surface area contributed by atoms with Crippen molar-refractivity contribution >= 4 is 20.4 Å². The normalized spacial score (nSPS) is 25.0. The van der Waals surface area contributed by atoms with Gasteiger partial charge in [-0.05, 0) is 12.8 Å². The number of nitrogens with zero attached hydrogens (tertiary/aromatic N) is 2. The van der Waals surface area contributed by atoms with Gasteiger partial charge >= 0.3 is 0 Å². The van der Waals surface area contributed by atoms with E-state index in [0.717, 1.165) is 17.1 Å². The van der Waals surface area contributed by atoms with Crippen molar-refractivity contribution < 1.29 is 16.8 Å². The molecular formula is C7H16N4O4S2. The minimum Gasteiger partial charge on any atom is -0.216 e. The number of rotatable bonds is 4. The molecule has 1 aliphatic heterocycles. The Hall–Kier alpha value is -0.260. The second-order valence-electron chi connectivity index (χ2n) is 4.24. The minimum absolute atomic E-state index is 0.0521. The Balaban J connectivity index is 1.94. The van der Waals surface area contributed by atoms with Crippen molar-refractivity contribution in [1.82, 2.24) is 13.3 Å². The zero-order chi connectivity index (χ0) is 12.7. The molecule has 1 aliphatic carbocycles. The summed E-state index contributed by atoms with van der Waals surface area (Å²) < 4.78 is 50.6. The second-order valence-corrected chi connectivity index (χ2v) is 7.49. The standard InChI is InChI=1S/C7H16N4O4S2/c8-16(12,13)10-3-5-11(6-4-10)17(14,15)9-7-1-2-7/h7,9H,1-6H2,(H2,8,12,13). The van der Waals surface area contributed by atoms with Crippen LogP contribution in [0.1, 0.15) is 12.8 Å². The summed E-state index contributed by atoms with van der Waals surface area (Å²) in [6.07, 6.45) is 1.74. The van der Waals surface area contributed by atoms with Gasteiger partial charge in [-0.15, -0.1) is 0 Å². The number of nitrogens with two attached hydrogens (primary N) is 1. The van der Waals surface area contributed by atoms with Crippen molar-refractivity contribution in [3.05, 3.63) is 0 Å². The molecule has 8 nitrogen and oxygen atoms in total. The maximum absolute atomic E-state index is 11.8. The molecule has 3 N–H and O–H groups in total. The molecule has 2 fully saturated rings. The Morgan fingerprint density at radius 2 is 1.41 bits per heavy atom. The van der Waals surface area contributed by atoms with Crippen molar-refractivity contribution in [1.29, 1.82) is 0 Å². The first kappa shape index (κ1) is 13.2. The lowest BCUT2D eigenvalue weighted by Crippen LogP contribution is -2.54. The lowest BCUT2D eigenvalue weighted by atomic mass is 10.4. The van der Waals surface area contributed by atoms with Gasteiger partial charge in [-0.1, -0.05) is 0 Å². The van der Waals surface area contributed by atoms with Crippen LogP contribution in [0.3, 0.4) is 0 Å². The van der Waals surface area contributed by atoms with Crippen LogP contribution in [0.5, 0.6) is 0 Å². The van der Waals surface area contributed by atoms with Crippen LogP contribution in [0.2, 0.25) is 0 Å². The third-order valence-corrected chi connectivity index (χ3v) is 5.55. The maximum Gasteiger partial charge on any atom is 0.279 e. The molecule has 0 aromatic heterocycles. The largest absolute Gasteiger partial charge is 0.279 e. The number of nitrogens with one attached hydrogen (secondary N) is 1. The van der Waals surface area contributed by atoms with Crippen LogP contribution in [0.25, 0.3) is 0 Å². The summed E-state index contributed by atoms with van der Waals surface area (Å²) in [5, 5.41) is 4.97.